The minimum Gasteiger partial charge on any atom is -0.374 e. The third-order valence-corrected chi connectivity index (χ3v) is 7.44. The summed E-state index contributed by atoms with van der Waals surface area (Å²) in [6.07, 6.45) is 9.24. The number of nitrogens with one attached hydrogen (secondary N) is 1. The van der Waals surface area contributed by atoms with Crippen molar-refractivity contribution in [1.29, 1.82) is 0 Å². The molecule has 3 atom stereocenters. The summed E-state index contributed by atoms with van der Waals surface area (Å²) in [5.74, 6) is 1.64. The average Bonchev–Trinajstić information content (AvgIpc) is 3.46. The molecule has 1 saturated heterocycles. The molecule has 0 bridgehead atoms. The Kier molecular flexibility index (Phi) is 5.24. The molecular formula is C24H25N3O3S. The van der Waals surface area contributed by atoms with Gasteiger partial charge in [0.05, 0.1) is 4.88 Å². The van der Waals surface area contributed by atoms with Gasteiger partial charge in [-0.05, 0) is 83.9 Å². The Balaban J connectivity index is 1.23. The Morgan fingerprint density at radius 1 is 1.35 bits per heavy atom. The molecule has 3 aliphatic rings. The second-order valence-corrected chi connectivity index (χ2v) is 9.51. The molecule has 0 spiro atoms. The van der Waals surface area contributed by atoms with Gasteiger partial charge in [-0.2, -0.15) is 0 Å². The third kappa shape index (κ3) is 3.95. The summed E-state index contributed by atoms with van der Waals surface area (Å²) >= 11 is 1.51. The van der Waals surface area contributed by atoms with Crippen molar-refractivity contribution in [3.05, 3.63) is 57.4 Å². The van der Waals surface area contributed by atoms with E-state index in [2.05, 4.69) is 16.4 Å². The third-order valence-electron chi connectivity index (χ3n) is 6.43. The Morgan fingerprint density at radius 2 is 2.23 bits per heavy atom. The lowest BCUT2D eigenvalue weighted by atomic mass is 9.98. The molecule has 0 radical (unpaired) electrons. The van der Waals surface area contributed by atoms with Gasteiger partial charge in [-0.25, -0.2) is 4.98 Å². The minimum absolute atomic E-state index is 0.0237. The van der Waals surface area contributed by atoms with Crippen molar-refractivity contribution >= 4 is 40.5 Å². The van der Waals surface area contributed by atoms with Crippen molar-refractivity contribution in [3.63, 3.8) is 0 Å². The summed E-state index contributed by atoms with van der Waals surface area (Å²) in [7, 11) is 0. The molecule has 31 heavy (non-hydrogen) atoms. The number of aliphatic hydroxyl groups is 1. The first kappa shape index (κ1) is 20.2. The number of aliphatic hydroxyl groups excluding tert-OH is 1. The molecule has 0 saturated carbocycles. The van der Waals surface area contributed by atoms with Gasteiger partial charge in [0, 0.05) is 25.4 Å². The monoisotopic (exact) mass is 435 g/mol. The number of thiophene rings is 1. The molecule has 2 N–H and O–H groups in total. The number of anilines is 1. The number of likely N-dealkylation sites (tertiary alicyclic amines) is 1. The summed E-state index contributed by atoms with van der Waals surface area (Å²) < 4.78 is 0. The van der Waals surface area contributed by atoms with E-state index < -0.39 is 6.23 Å². The lowest BCUT2D eigenvalue weighted by Gasteiger charge is -2.22. The number of aromatic nitrogens is 1. The fraction of sp³-hybridized carbons (Fsp3) is 0.375. The molecule has 160 valence electrons. The molecule has 3 unspecified atom stereocenters. The van der Waals surface area contributed by atoms with Crippen LogP contribution in [0.3, 0.4) is 0 Å². The number of carbonyl (C=O) groups excluding carboxylic acids is 2. The highest BCUT2D eigenvalue weighted by Gasteiger charge is 2.38. The fourth-order valence-electron chi connectivity index (χ4n) is 4.86. The maximum absolute atomic E-state index is 12.7. The molecule has 5 rings (SSSR count). The topological polar surface area (TPSA) is 82.5 Å². The normalized spacial score (nSPS) is 24.6. The van der Waals surface area contributed by atoms with E-state index in [0.717, 1.165) is 53.3 Å². The van der Waals surface area contributed by atoms with Crippen molar-refractivity contribution < 1.29 is 14.7 Å². The van der Waals surface area contributed by atoms with Crippen LogP contribution in [0.2, 0.25) is 0 Å². The van der Waals surface area contributed by atoms with E-state index >= 15 is 0 Å². The minimum atomic E-state index is -0.541. The maximum atomic E-state index is 12.7. The lowest BCUT2D eigenvalue weighted by molar-refractivity contribution is -0.125. The lowest BCUT2D eigenvalue weighted by Crippen LogP contribution is -2.27. The number of carbonyl (C=O) groups is 2. The van der Waals surface area contributed by atoms with Crippen LogP contribution in [0.5, 0.6) is 0 Å². The number of nitrogens with zero attached hydrogens (tertiary/aromatic N) is 2. The van der Waals surface area contributed by atoms with Gasteiger partial charge in [0.15, 0.2) is 5.78 Å². The molecule has 1 fully saturated rings. The summed E-state index contributed by atoms with van der Waals surface area (Å²) in [6, 6.07) is 4.06. The Morgan fingerprint density at radius 3 is 3.03 bits per heavy atom. The number of amides is 1. The van der Waals surface area contributed by atoms with Crippen LogP contribution in [0, 0.1) is 11.8 Å². The largest absolute Gasteiger partial charge is 0.374 e. The first-order valence-corrected chi connectivity index (χ1v) is 11.6. The number of fused-ring (bicyclic) bond motifs is 2. The van der Waals surface area contributed by atoms with Crippen LogP contribution < -0.4 is 5.32 Å². The first-order valence-electron chi connectivity index (χ1n) is 10.7. The van der Waals surface area contributed by atoms with E-state index in [1.165, 1.54) is 16.9 Å². The molecule has 6 nitrogen and oxygen atoms in total. The van der Waals surface area contributed by atoms with E-state index in [9.17, 15) is 14.7 Å². The van der Waals surface area contributed by atoms with Crippen molar-refractivity contribution in [3.8, 4) is 0 Å². The van der Waals surface area contributed by atoms with Gasteiger partial charge in [-0.3, -0.25) is 9.59 Å². The molecular weight excluding hydrogens is 410 g/mol. The van der Waals surface area contributed by atoms with Gasteiger partial charge in [-0.15, -0.1) is 11.3 Å². The van der Waals surface area contributed by atoms with E-state index in [0.29, 0.717) is 18.3 Å². The number of Topliss-reactive ketones (excluding diaryl/α,β-unsaturated/α-hetero) is 1. The van der Waals surface area contributed by atoms with Crippen LogP contribution in [0.25, 0.3) is 11.6 Å². The van der Waals surface area contributed by atoms with Crippen LogP contribution in [0.4, 0.5) is 5.82 Å². The quantitative estimate of drug-likeness (QED) is 0.566. The van der Waals surface area contributed by atoms with Crippen molar-refractivity contribution in [2.24, 2.45) is 11.8 Å². The predicted molar refractivity (Wildman–Crippen MR) is 122 cm³/mol. The van der Waals surface area contributed by atoms with Crippen LogP contribution in [0.15, 0.2) is 35.9 Å². The highest BCUT2D eigenvalue weighted by atomic mass is 32.1. The highest BCUT2D eigenvalue weighted by molar-refractivity contribution is 7.12. The van der Waals surface area contributed by atoms with Gasteiger partial charge in [0.1, 0.15) is 12.0 Å². The second kappa shape index (κ2) is 8.05. The predicted octanol–water partition coefficient (Wildman–Crippen LogP) is 3.60. The zero-order valence-corrected chi connectivity index (χ0v) is 18.2. The van der Waals surface area contributed by atoms with E-state index in [1.807, 2.05) is 28.5 Å². The van der Waals surface area contributed by atoms with Crippen LogP contribution >= 0.6 is 11.3 Å². The molecule has 2 aromatic rings. The number of ketones is 1. The average molecular weight is 436 g/mol. The summed E-state index contributed by atoms with van der Waals surface area (Å²) in [6.45, 7) is 3.09. The fourth-order valence-corrected chi connectivity index (χ4v) is 5.69. The zero-order chi connectivity index (χ0) is 21.5. The van der Waals surface area contributed by atoms with Gasteiger partial charge in [0.2, 0.25) is 5.91 Å². The summed E-state index contributed by atoms with van der Waals surface area (Å²) in [5.41, 5.74) is 4.28. The summed E-state index contributed by atoms with van der Waals surface area (Å²) in [4.78, 5) is 31.7. The van der Waals surface area contributed by atoms with Gasteiger partial charge < -0.3 is 15.3 Å². The Bertz CT molecular complexity index is 1100. The smallest absolute Gasteiger partial charge is 0.246 e. The van der Waals surface area contributed by atoms with Crippen LogP contribution in [-0.4, -0.2) is 46.0 Å². The van der Waals surface area contributed by atoms with E-state index in [1.54, 1.807) is 19.2 Å². The molecule has 4 heterocycles. The second-order valence-electron chi connectivity index (χ2n) is 8.59. The number of aryl methyl sites for hydroxylation is 1. The SMILES string of the molecule is CC(=O)c1sccc1C1=CC2CN(C(=O)/C=C/c3cnc4c(c3)CCC(O)N4)CC2C1. The van der Waals surface area contributed by atoms with Crippen molar-refractivity contribution in [2.75, 3.05) is 18.4 Å². The van der Waals surface area contributed by atoms with Crippen LogP contribution in [0.1, 0.15) is 46.1 Å². The highest BCUT2D eigenvalue weighted by Crippen LogP contribution is 2.42. The van der Waals surface area contributed by atoms with E-state index in [4.69, 9.17) is 0 Å². The maximum Gasteiger partial charge on any atom is 0.246 e. The molecule has 7 heteroatoms. The zero-order valence-electron chi connectivity index (χ0n) is 17.4. The molecule has 0 aromatic carbocycles. The molecule has 1 aliphatic carbocycles. The van der Waals surface area contributed by atoms with E-state index in [-0.39, 0.29) is 11.7 Å². The molecule has 1 amide bonds. The molecule has 2 aromatic heterocycles. The Labute approximate surface area is 185 Å². The number of allylic oxidation sites excluding steroid dienone is 1. The van der Waals surface area contributed by atoms with Gasteiger partial charge >= 0.3 is 0 Å². The van der Waals surface area contributed by atoms with Gasteiger partial charge in [0.25, 0.3) is 0 Å². The summed E-state index contributed by atoms with van der Waals surface area (Å²) in [5, 5.41) is 14.6. The number of hydrogen-bond acceptors (Lipinski definition) is 6. The molecule has 2 aliphatic heterocycles. The first-order chi connectivity index (χ1) is 15.0. The Hall–Kier alpha value is -2.77. The standard InChI is InChI=1S/C24H25N3O3S/c1-14(28)23-20(6-7-31-23)17-9-18-12-27(13-19(18)10-17)22(30)5-2-15-8-16-3-4-21(29)26-24(16)25-11-15/h2,5-9,11,18-19,21,29H,3-4,10,12-13H2,1H3,(H,25,26)/b5-2+. The number of pyridine rings is 1. The number of rotatable bonds is 4. The van der Waals surface area contributed by atoms with Crippen LogP contribution in [-0.2, 0) is 11.2 Å². The van der Waals surface area contributed by atoms with Crippen molar-refractivity contribution in [2.45, 2.75) is 32.4 Å². The van der Waals surface area contributed by atoms with Gasteiger partial charge in [-0.1, -0.05) is 6.08 Å². The number of hydrogen-bond donors (Lipinski definition) is 2. The van der Waals surface area contributed by atoms with Crippen molar-refractivity contribution in [1.82, 2.24) is 9.88 Å².